The molecular formula is CH10N2O2Si2. The molecule has 0 radical (unpaired) electrons. The highest BCUT2D eigenvalue weighted by Crippen LogP contribution is 1.25. The lowest BCUT2D eigenvalue weighted by Crippen LogP contribution is -2.18. The van der Waals surface area contributed by atoms with Crippen LogP contribution in [-0.2, 0) is 4.12 Å². The zero-order valence-electron chi connectivity index (χ0n) is 4.47. The van der Waals surface area contributed by atoms with Gasteiger partial charge in [0.25, 0.3) is 0 Å². The van der Waals surface area contributed by atoms with Crippen molar-refractivity contribution in [2.75, 3.05) is 0 Å². The van der Waals surface area contributed by atoms with Crippen LogP contribution in [-0.4, -0.2) is 27.0 Å². The summed E-state index contributed by atoms with van der Waals surface area (Å²) in [5.41, 5.74) is 8.50. The quantitative estimate of drug-likeness (QED) is 0.342. The predicted molar refractivity (Wildman–Crippen MR) is 34.7 cm³/mol. The molecule has 0 saturated heterocycles. The van der Waals surface area contributed by atoms with Gasteiger partial charge in [-0.25, -0.2) is 4.79 Å². The minimum absolute atomic E-state index is 0.833. The summed E-state index contributed by atoms with van der Waals surface area (Å²) in [6, 6.07) is -0.833. The Kier molecular flexibility index (Phi) is 12.9. The lowest BCUT2D eigenvalue weighted by Gasteiger charge is -1.62. The molecule has 6 heteroatoms. The van der Waals surface area contributed by atoms with Gasteiger partial charge in [-0.05, 0) is 0 Å². The first kappa shape index (κ1) is 9.83. The van der Waals surface area contributed by atoms with Crippen LogP contribution in [0.3, 0.4) is 0 Å². The van der Waals surface area contributed by atoms with Crippen molar-refractivity contribution in [2.45, 2.75) is 0 Å². The number of nitrogens with two attached hydrogens (primary N) is 2. The number of primary amides is 2. The van der Waals surface area contributed by atoms with Gasteiger partial charge < -0.3 is 15.6 Å². The zero-order valence-corrected chi connectivity index (χ0v) is 8.47. The van der Waals surface area contributed by atoms with Gasteiger partial charge >= 0.3 is 6.03 Å². The van der Waals surface area contributed by atoms with Crippen LogP contribution in [0.15, 0.2) is 0 Å². The largest absolute Gasteiger partial charge is 0.471 e. The van der Waals surface area contributed by atoms with Crippen molar-refractivity contribution >= 4 is 27.0 Å². The van der Waals surface area contributed by atoms with Gasteiger partial charge in [-0.2, -0.15) is 0 Å². The summed E-state index contributed by atoms with van der Waals surface area (Å²) >= 11 is 0. The summed E-state index contributed by atoms with van der Waals surface area (Å²) in [5, 5.41) is 0. The first-order valence-electron chi connectivity index (χ1n) is 1.60. The van der Waals surface area contributed by atoms with E-state index in [0.29, 0.717) is 0 Å². The van der Waals surface area contributed by atoms with E-state index in [-0.39, 0.29) is 0 Å². The number of hydrogen-bond acceptors (Lipinski definition) is 2. The van der Waals surface area contributed by atoms with Crippen molar-refractivity contribution < 1.29 is 8.91 Å². The number of carbonyl (C=O) groups excluding carboxylic acids is 1. The second-order valence-corrected chi connectivity index (χ2v) is 4.08. The molecule has 0 aliphatic heterocycles. The Balaban J connectivity index is 0. The van der Waals surface area contributed by atoms with Gasteiger partial charge in [0.2, 0.25) is 0 Å². The third kappa shape index (κ3) is 672. The highest BCUT2D eigenvalue weighted by molar-refractivity contribution is 6.15. The van der Waals surface area contributed by atoms with Gasteiger partial charge in [0, 0.05) is 0 Å². The van der Waals surface area contributed by atoms with Crippen molar-refractivity contribution in [2.24, 2.45) is 11.5 Å². The molecule has 4 N–H and O–H groups in total. The monoisotopic (exact) mass is 138 g/mol. The molecule has 0 saturated carbocycles. The number of carbonyl (C=O) groups is 1. The molecule has 44 valence electrons. The van der Waals surface area contributed by atoms with E-state index in [1.807, 2.05) is 0 Å². The highest BCUT2D eigenvalue weighted by atomic mass is 28.3. The maximum atomic E-state index is 9.00. The molecule has 0 aliphatic carbocycles. The molecular weight excluding hydrogens is 128 g/mol. The van der Waals surface area contributed by atoms with Gasteiger partial charge in [-0.15, -0.1) is 0 Å². The average Bonchev–Trinajstić information content (AvgIpc) is 1.33. The van der Waals surface area contributed by atoms with Crippen molar-refractivity contribution in [3.8, 4) is 0 Å². The van der Waals surface area contributed by atoms with Crippen LogP contribution < -0.4 is 11.5 Å². The lowest BCUT2D eigenvalue weighted by atomic mass is 11.2. The molecule has 7 heavy (non-hydrogen) atoms. The highest BCUT2D eigenvalue weighted by Gasteiger charge is 1.60. The summed E-state index contributed by atoms with van der Waals surface area (Å²) in [6.07, 6.45) is 0. The normalized spacial score (nSPS) is 6.86. The van der Waals surface area contributed by atoms with Crippen LogP contribution in [0.2, 0.25) is 0 Å². The van der Waals surface area contributed by atoms with E-state index in [2.05, 4.69) is 15.6 Å². The third-order valence-corrected chi connectivity index (χ3v) is 0. The third-order valence-electron chi connectivity index (χ3n) is 0. The Hall–Kier alpha value is -0.336. The molecule has 0 atom stereocenters. The van der Waals surface area contributed by atoms with Gasteiger partial charge in [0.15, 0.2) is 0 Å². The Morgan fingerprint density at radius 3 is 1.43 bits per heavy atom. The van der Waals surface area contributed by atoms with Crippen LogP contribution in [0.1, 0.15) is 0 Å². The molecule has 0 aromatic rings. The minimum Gasteiger partial charge on any atom is -0.471 e. The second kappa shape index (κ2) is 9.18. The molecule has 0 spiro atoms. The molecule has 4 nitrogen and oxygen atoms in total. The fourth-order valence-corrected chi connectivity index (χ4v) is 0. The SMILES string of the molecule is NC(N)=O.[SiH3]O[SiH3]. The van der Waals surface area contributed by atoms with Crippen molar-refractivity contribution in [1.82, 2.24) is 0 Å². The second-order valence-electron chi connectivity index (χ2n) is 0.811. The van der Waals surface area contributed by atoms with Crippen LogP contribution in [0, 0.1) is 0 Å². The lowest BCUT2D eigenvalue weighted by molar-refractivity contribution is 0.256. The van der Waals surface area contributed by atoms with Gasteiger partial charge in [0.1, 0.15) is 21.0 Å². The van der Waals surface area contributed by atoms with Crippen LogP contribution in [0.5, 0.6) is 0 Å². The molecule has 2 amide bonds. The zero-order chi connectivity index (χ0) is 6.28. The smallest absolute Gasteiger partial charge is 0.309 e. The minimum atomic E-state index is -0.833. The van der Waals surface area contributed by atoms with Gasteiger partial charge in [-0.3, -0.25) is 0 Å². The number of hydrogen-bond donors (Lipinski definition) is 2. The molecule has 0 heterocycles. The van der Waals surface area contributed by atoms with Crippen molar-refractivity contribution in [3.63, 3.8) is 0 Å². The van der Waals surface area contributed by atoms with Crippen LogP contribution in [0.4, 0.5) is 4.79 Å². The molecule has 0 fully saturated rings. The Morgan fingerprint density at radius 1 is 1.43 bits per heavy atom. The average molecular weight is 138 g/mol. The Bertz CT molecular complexity index is 45.0. The summed E-state index contributed by atoms with van der Waals surface area (Å²) in [5.74, 6) is 0. The number of rotatable bonds is 0. The van der Waals surface area contributed by atoms with Crippen LogP contribution in [0.25, 0.3) is 0 Å². The van der Waals surface area contributed by atoms with E-state index in [1.54, 1.807) is 0 Å². The van der Waals surface area contributed by atoms with E-state index in [1.165, 1.54) is 0 Å². The Morgan fingerprint density at radius 2 is 1.43 bits per heavy atom. The Labute approximate surface area is 48.3 Å². The standard InChI is InChI=1S/CH4N2O.H6OSi2/c2-1(3)4;2-1-3/h(H4,2,3,4);2-3H3. The molecule has 0 unspecified atom stereocenters. The van der Waals surface area contributed by atoms with Gasteiger partial charge in [-0.1, -0.05) is 0 Å². The summed E-state index contributed by atoms with van der Waals surface area (Å²) in [7, 11) is 1.86. The van der Waals surface area contributed by atoms with Crippen molar-refractivity contribution in [3.05, 3.63) is 0 Å². The van der Waals surface area contributed by atoms with Crippen molar-refractivity contribution in [1.29, 1.82) is 0 Å². The fourth-order valence-electron chi connectivity index (χ4n) is 0. The molecule has 0 aliphatic rings. The number of amides is 2. The predicted octanol–water partition coefficient (Wildman–Crippen LogP) is -3.41. The van der Waals surface area contributed by atoms with E-state index in [4.69, 9.17) is 4.79 Å². The van der Waals surface area contributed by atoms with E-state index in [0.717, 1.165) is 21.0 Å². The van der Waals surface area contributed by atoms with E-state index >= 15 is 0 Å². The molecule has 0 rings (SSSR count). The number of urea groups is 1. The maximum absolute atomic E-state index is 9.00. The van der Waals surface area contributed by atoms with E-state index in [9.17, 15) is 0 Å². The maximum Gasteiger partial charge on any atom is 0.309 e. The molecule has 0 bridgehead atoms. The molecule has 0 aromatic carbocycles. The summed E-state index contributed by atoms with van der Waals surface area (Å²) < 4.78 is 4.53. The van der Waals surface area contributed by atoms with E-state index < -0.39 is 6.03 Å². The van der Waals surface area contributed by atoms with Crippen LogP contribution >= 0.6 is 0 Å². The van der Waals surface area contributed by atoms with Gasteiger partial charge in [0.05, 0.1) is 0 Å². The topological polar surface area (TPSA) is 78.3 Å². The molecule has 0 aromatic heterocycles. The fraction of sp³-hybridized carbons (Fsp3) is 0. The first-order valence-corrected chi connectivity index (χ1v) is 3.23. The summed E-state index contributed by atoms with van der Waals surface area (Å²) in [6.45, 7) is 0. The first-order chi connectivity index (χ1) is 3.15. The summed E-state index contributed by atoms with van der Waals surface area (Å²) in [4.78, 5) is 9.00.